The van der Waals surface area contributed by atoms with Gasteiger partial charge in [-0.05, 0) is 31.4 Å². The molecule has 1 aromatic rings. The van der Waals surface area contributed by atoms with Crippen molar-refractivity contribution in [2.24, 2.45) is 16.8 Å². The summed E-state index contributed by atoms with van der Waals surface area (Å²) in [5.74, 6) is -0.0201. The second-order valence-corrected chi connectivity index (χ2v) is 5.43. The summed E-state index contributed by atoms with van der Waals surface area (Å²) in [6.07, 6.45) is 1.65. The maximum absolute atomic E-state index is 12.5. The fraction of sp³-hybridized carbons (Fsp3) is 0.429. The predicted octanol–water partition coefficient (Wildman–Crippen LogP) is 2.25. The Morgan fingerprint density at radius 2 is 2.30 bits per heavy atom. The summed E-state index contributed by atoms with van der Waals surface area (Å²) in [6, 6.07) is 5.42. The van der Waals surface area contributed by atoms with Gasteiger partial charge in [-0.1, -0.05) is 28.9 Å². The number of carbonyl (C=O) groups is 1. The zero-order valence-corrected chi connectivity index (χ0v) is 12.1. The van der Waals surface area contributed by atoms with Crippen molar-refractivity contribution < 1.29 is 10.0 Å². The normalized spacial score (nSPS) is 20.0. The summed E-state index contributed by atoms with van der Waals surface area (Å²) in [4.78, 5) is 14.2. The summed E-state index contributed by atoms with van der Waals surface area (Å²) in [7, 11) is 0. The lowest BCUT2D eigenvalue weighted by molar-refractivity contribution is 0.0701. The molecule has 1 fully saturated rings. The van der Waals surface area contributed by atoms with Gasteiger partial charge in [-0.3, -0.25) is 4.79 Å². The average molecular weight is 296 g/mol. The van der Waals surface area contributed by atoms with Crippen molar-refractivity contribution in [3.8, 4) is 0 Å². The molecule has 0 aromatic heterocycles. The van der Waals surface area contributed by atoms with Crippen molar-refractivity contribution in [3.63, 3.8) is 0 Å². The first-order chi connectivity index (χ1) is 9.54. The van der Waals surface area contributed by atoms with Crippen molar-refractivity contribution in [3.05, 3.63) is 34.3 Å². The summed E-state index contributed by atoms with van der Waals surface area (Å²) < 4.78 is 0. The number of amidine groups is 1. The number of aryl methyl sites for hydroxylation is 1. The zero-order valence-electron chi connectivity index (χ0n) is 11.3. The van der Waals surface area contributed by atoms with E-state index in [-0.39, 0.29) is 17.7 Å². The monoisotopic (exact) mass is 295 g/mol. The largest absolute Gasteiger partial charge is 0.409 e. The van der Waals surface area contributed by atoms with E-state index >= 15 is 0 Å². The van der Waals surface area contributed by atoms with E-state index < -0.39 is 0 Å². The minimum absolute atomic E-state index is 0.0960. The van der Waals surface area contributed by atoms with Gasteiger partial charge >= 0.3 is 0 Å². The molecule has 1 aliphatic heterocycles. The maximum Gasteiger partial charge on any atom is 0.255 e. The molecular formula is C14H18ClN3O2. The molecule has 1 heterocycles. The molecule has 3 N–H and O–H groups in total. The van der Waals surface area contributed by atoms with Gasteiger partial charge in [0.2, 0.25) is 0 Å². The fourth-order valence-electron chi connectivity index (χ4n) is 2.47. The molecular weight excluding hydrogens is 278 g/mol. The highest BCUT2D eigenvalue weighted by molar-refractivity contribution is 6.34. The quantitative estimate of drug-likeness (QED) is 0.380. The highest BCUT2D eigenvalue weighted by Gasteiger charge is 2.28. The van der Waals surface area contributed by atoms with E-state index in [1.807, 2.05) is 19.1 Å². The minimum atomic E-state index is -0.103. The Balaban J connectivity index is 2.19. The van der Waals surface area contributed by atoms with E-state index in [9.17, 15) is 4.79 Å². The number of hydrogen-bond acceptors (Lipinski definition) is 3. The topological polar surface area (TPSA) is 78.9 Å². The van der Waals surface area contributed by atoms with E-state index in [4.69, 9.17) is 22.5 Å². The Morgan fingerprint density at radius 3 is 3.00 bits per heavy atom. The second kappa shape index (κ2) is 6.13. The van der Waals surface area contributed by atoms with Gasteiger partial charge in [0.15, 0.2) is 0 Å². The lowest BCUT2D eigenvalue weighted by Crippen LogP contribution is -2.44. The Kier molecular flexibility index (Phi) is 4.49. The van der Waals surface area contributed by atoms with E-state index in [1.165, 1.54) is 0 Å². The van der Waals surface area contributed by atoms with Gasteiger partial charge in [-0.25, -0.2) is 0 Å². The van der Waals surface area contributed by atoms with E-state index in [1.54, 1.807) is 11.0 Å². The first-order valence-electron chi connectivity index (χ1n) is 6.56. The lowest BCUT2D eigenvalue weighted by Gasteiger charge is -2.32. The van der Waals surface area contributed by atoms with Gasteiger partial charge < -0.3 is 15.8 Å². The smallest absolute Gasteiger partial charge is 0.255 e. The highest BCUT2D eigenvalue weighted by atomic mass is 35.5. The SMILES string of the molecule is Cc1cccc(C(=O)N2CCCC(/C(N)=N/O)C2)c1Cl. The number of nitrogens with two attached hydrogens (primary N) is 1. The number of amides is 1. The van der Waals surface area contributed by atoms with Crippen molar-refractivity contribution in [2.45, 2.75) is 19.8 Å². The molecule has 0 saturated carbocycles. The molecule has 1 atom stereocenters. The number of oxime groups is 1. The molecule has 1 aliphatic rings. The molecule has 108 valence electrons. The number of rotatable bonds is 2. The summed E-state index contributed by atoms with van der Waals surface area (Å²) >= 11 is 6.20. The fourth-order valence-corrected chi connectivity index (χ4v) is 2.67. The molecule has 2 rings (SSSR count). The first-order valence-corrected chi connectivity index (χ1v) is 6.94. The van der Waals surface area contributed by atoms with Crippen LogP contribution in [0.15, 0.2) is 23.4 Å². The number of piperidine rings is 1. The van der Waals surface area contributed by atoms with E-state index in [0.717, 1.165) is 18.4 Å². The van der Waals surface area contributed by atoms with Crippen LogP contribution in [0.3, 0.4) is 0 Å². The van der Waals surface area contributed by atoms with Crippen molar-refractivity contribution in [1.29, 1.82) is 0 Å². The second-order valence-electron chi connectivity index (χ2n) is 5.05. The molecule has 1 saturated heterocycles. The molecule has 0 bridgehead atoms. The van der Waals surface area contributed by atoms with Crippen molar-refractivity contribution >= 4 is 23.3 Å². The van der Waals surface area contributed by atoms with Gasteiger partial charge in [0.25, 0.3) is 5.91 Å². The van der Waals surface area contributed by atoms with Gasteiger partial charge in [0, 0.05) is 19.0 Å². The third kappa shape index (κ3) is 2.88. The number of benzene rings is 1. The highest BCUT2D eigenvalue weighted by Crippen LogP contribution is 2.24. The molecule has 0 radical (unpaired) electrons. The molecule has 1 amide bonds. The Bertz CT molecular complexity index is 545. The van der Waals surface area contributed by atoms with Crippen molar-refractivity contribution in [2.75, 3.05) is 13.1 Å². The van der Waals surface area contributed by atoms with Gasteiger partial charge in [-0.15, -0.1) is 0 Å². The maximum atomic E-state index is 12.5. The van der Waals surface area contributed by atoms with Crippen LogP contribution in [-0.4, -0.2) is 34.9 Å². The lowest BCUT2D eigenvalue weighted by atomic mass is 9.96. The zero-order chi connectivity index (χ0) is 14.7. The Hall–Kier alpha value is -1.75. The molecule has 0 aliphatic carbocycles. The number of hydrogen-bond donors (Lipinski definition) is 2. The average Bonchev–Trinajstić information content (AvgIpc) is 2.48. The summed E-state index contributed by atoms with van der Waals surface area (Å²) in [6.45, 7) is 2.99. The number of nitrogens with zero attached hydrogens (tertiary/aromatic N) is 2. The number of halogens is 1. The number of carbonyl (C=O) groups excluding carboxylic acids is 1. The van der Waals surface area contributed by atoms with E-state index in [2.05, 4.69) is 5.16 Å². The van der Waals surface area contributed by atoms with Crippen LogP contribution in [0.4, 0.5) is 0 Å². The van der Waals surface area contributed by atoms with Crippen molar-refractivity contribution in [1.82, 2.24) is 4.90 Å². The first kappa shape index (κ1) is 14.7. The third-order valence-electron chi connectivity index (χ3n) is 3.66. The Labute approximate surface area is 123 Å². The van der Waals surface area contributed by atoms with Crippen LogP contribution >= 0.6 is 11.6 Å². The van der Waals surface area contributed by atoms with Crippen LogP contribution in [0.25, 0.3) is 0 Å². The summed E-state index contributed by atoms with van der Waals surface area (Å²) in [5.41, 5.74) is 7.02. The van der Waals surface area contributed by atoms with Crippen LogP contribution in [0.1, 0.15) is 28.8 Å². The molecule has 1 aromatic carbocycles. The van der Waals surface area contributed by atoms with E-state index in [0.29, 0.717) is 23.7 Å². The number of likely N-dealkylation sites (tertiary alicyclic amines) is 1. The minimum Gasteiger partial charge on any atom is -0.409 e. The van der Waals surface area contributed by atoms with Gasteiger partial charge in [0.1, 0.15) is 5.84 Å². The van der Waals surface area contributed by atoms with Crippen LogP contribution in [0, 0.1) is 12.8 Å². The molecule has 20 heavy (non-hydrogen) atoms. The Morgan fingerprint density at radius 1 is 1.55 bits per heavy atom. The standard InChI is InChI=1S/C14H18ClN3O2/c1-9-4-2-6-11(12(9)15)14(19)18-7-3-5-10(8-18)13(16)17-20/h2,4,6,10,20H,3,5,7-8H2,1H3,(H2,16,17). The molecule has 5 nitrogen and oxygen atoms in total. The molecule has 6 heteroatoms. The molecule has 1 unspecified atom stereocenters. The predicted molar refractivity (Wildman–Crippen MR) is 78.2 cm³/mol. The summed E-state index contributed by atoms with van der Waals surface area (Å²) in [5, 5.41) is 12.3. The third-order valence-corrected chi connectivity index (χ3v) is 4.17. The van der Waals surface area contributed by atoms with Crippen LogP contribution < -0.4 is 5.73 Å². The van der Waals surface area contributed by atoms with Crippen LogP contribution in [0.2, 0.25) is 5.02 Å². The van der Waals surface area contributed by atoms with Crippen LogP contribution in [-0.2, 0) is 0 Å². The van der Waals surface area contributed by atoms with Gasteiger partial charge in [0.05, 0.1) is 10.6 Å². The van der Waals surface area contributed by atoms with Gasteiger partial charge in [-0.2, -0.15) is 0 Å². The van der Waals surface area contributed by atoms with Crippen LogP contribution in [0.5, 0.6) is 0 Å². The molecule has 0 spiro atoms.